The summed E-state index contributed by atoms with van der Waals surface area (Å²) in [6.07, 6.45) is 0.844. The Kier molecular flexibility index (Phi) is 2.44. The maximum absolute atomic E-state index is 13.2. The number of hydrogen-bond donors (Lipinski definition) is 0. The lowest BCUT2D eigenvalue weighted by Crippen LogP contribution is -1.92. The molecule has 0 fully saturated rings. The predicted octanol–water partition coefficient (Wildman–Crippen LogP) is 4.02. The highest BCUT2D eigenvalue weighted by Crippen LogP contribution is 2.33. The zero-order valence-electron chi connectivity index (χ0n) is 8.74. The summed E-state index contributed by atoms with van der Waals surface area (Å²) in [6.45, 7) is 0. The molecule has 0 bridgehead atoms. The number of rotatable bonds is 0. The summed E-state index contributed by atoms with van der Waals surface area (Å²) in [6, 6.07) is 13.5. The second kappa shape index (κ2) is 3.95. The normalized spacial score (nSPS) is 13.8. The lowest BCUT2D eigenvalue weighted by molar-refractivity contribution is 0.624. The van der Waals surface area contributed by atoms with Gasteiger partial charge in [-0.2, -0.15) is 0 Å². The third kappa shape index (κ3) is 1.74. The van der Waals surface area contributed by atoms with E-state index in [4.69, 9.17) is 0 Å². The van der Waals surface area contributed by atoms with E-state index in [1.807, 2.05) is 12.1 Å². The molecule has 0 radical (unpaired) electrons. The summed E-state index contributed by atoms with van der Waals surface area (Å²) in [5.74, 6) is 0.841. The molecule has 0 amide bonds. The average Bonchev–Trinajstić information content (AvgIpc) is 2.47. The molecule has 80 valence electrons. The van der Waals surface area contributed by atoms with Crippen molar-refractivity contribution < 1.29 is 4.39 Å². The van der Waals surface area contributed by atoms with Crippen LogP contribution in [0.25, 0.3) is 0 Å². The highest BCUT2D eigenvalue weighted by Gasteiger charge is 2.13. The molecule has 0 N–H and O–H groups in total. The van der Waals surface area contributed by atoms with Gasteiger partial charge in [-0.1, -0.05) is 24.3 Å². The minimum atomic E-state index is -0.140. The largest absolute Gasteiger partial charge is 0.207 e. The van der Waals surface area contributed by atoms with Gasteiger partial charge in [0.25, 0.3) is 0 Å². The second-order valence-electron chi connectivity index (χ2n) is 3.99. The molecule has 16 heavy (non-hydrogen) atoms. The molecule has 0 aromatic heterocycles. The van der Waals surface area contributed by atoms with E-state index in [0.29, 0.717) is 0 Å². The molecule has 0 saturated carbocycles. The van der Waals surface area contributed by atoms with Crippen molar-refractivity contribution >= 4 is 11.8 Å². The fraction of sp³-hybridized carbons (Fsp3) is 0.143. The molecule has 0 aliphatic carbocycles. The first-order valence-electron chi connectivity index (χ1n) is 5.31. The Bertz CT molecular complexity index is 534. The van der Waals surface area contributed by atoms with Gasteiger partial charge in [0, 0.05) is 10.6 Å². The molecular weight excluding hydrogens is 219 g/mol. The molecule has 0 unspecified atom stereocenters. The zero-order valence-corrected chi connectivity index (χ0v) is 9.56. The van der Waals surface area contributed by atoms with Gasteiger partial charge in [0.15, 0.2) is 0 Å². The van der Waals surface area contributed by atoms with Crippen LogP contribution in [0.1, 0.15) is 16.7 Å². The van der Waals surface area contributed by atoms with Crippen molar-refractivity contribution in [1.29, 1.82) is 0 Å². The number of benzene rings is 2. The standard InChI is InChI=1S/C14H11FS/c15-13-5-6-14-12(8-13)7-10-3-1-2-4-11(10)9-16-14/h1-6,8H,7,9H2. The van der Waals surface area contributed by atoms with Crippen molar-refractivity contribution in [2.45, 2.75) is 17.1 Å². The Hall–Kier alpha value is -1.28. The van der Waals surface area contributed by atoms with Crippen LogP contribution in [0.2, 0.25) is 0 Å². The van der Waals surface area contributed by atoms with Crippen molar-refractivity contribution in [3.8, 4) is 0 Å². The number of halogens is 1. The van der Waals surface area contributed by atoms with E-state index < -0.39 is 0 Å². The lowest BCUT2D eigenvalue weighted by atomic mass is 10.0. The van der Waals surface area contributed by atoms with Crippen LogP contribution in [0.5, 0.6) is 0 Å². The maximum Gasteiger partial charge on any atom is 0.123 e. The lowest BCUT2D eigenvalue weighted by Gasteiger charge is -2.04. The third-order valence-corrected chi connectivity index (χ3v) is 4.07. The van der Waals surface area contributed by atoms with Crippen LogP contribution < -0.4 is 0 Å². The van der Waals surface area contributed by atoms with E-state index in [9.17, 15) is 4.39 Å². The Labute approximate surface area is 98.5 Å². The van der Waals surface area contributed by atoms with Gasteiger partial charge in [0.1, 0.15) is 5.82 Å². The van der Waals surface area contributed by atoms with E-state index >= 15 is 0 Å². The van der Waals surface area contributed by atoms with Crippen LogP contribution in [0.3, 0.4) is 0 Å². The van der Waals surface area contributed by atoms with Crippen LogP contribution in [-0.4, -0.2) is 0 Å². The van der Waals surface area contributed by atoms with Gasteiger partial charge in [-0.3, -0.25) is 0 Å². The minimum absolute atomic E-state index is 0.140. The Morgan fingerprint density at radius 3 is 2.62 bits per heavy atom. The van der Waals surface area contributed by atoms with Crippen LogP contribution in [0.4, 0.5) is 4.39 Å². The summed E-state index contributed by atoms with van der Waals surface area (Å²) in [7, 11) is 0. The highest BCUT2D eigenvalue weighted by molar-refractivity contribution is 7.98. The smallest absolute Gasteiger partial charge is 0.123 e. The average molecular weight is 230 g/mol. The monoisotopic (exact) mass is 230 g/mol. The molecule has 0 spiro atoms. The van der Waals surface area contributed by atoms with Crippen molar-refractivity contribution in [3.05, 3.63) is 65.0 Å². The second-order valence-corrected chi connectivity index (χ2v) is 5.00. The molecule has 1 heterocycles. The summed E-state index contributed by atoms with van der Waals surface area (Å²) in [5.41, 5.74) is 3.79. The van der Waals surface area contributed by atoms with E-state index in [-0.39, 0.29) is 5.82 Å². The zero-order chi connectivity index (χ0) is 11.0. The third-order valence-electron chi connectivity index (χ3n) is 2.90. The van der Waals surface area contributed by atoms with Gasteiger partial charge < -0.3 is 0 Å². The van der Waals surface area contributed by atoms with Gasteiger partial charge in [-0.25, -0.2) is 4.39 Å². The van der Waals surface area contributed by atoms with Crippen molar-refractivity contribution in [3.63, 3.8) is 0 Å². The van der Waals surface area contributed by atoms with E-state index in [0.717, 1.165) is 17.7 Å². The van der Waals surface area contributed by atoms with E-state index in [1.165, 1.54) is 16.0 Å². The Morgan fingerprint density at radius 2 is 1.75 bits per heavy atom. The quantitative estimate of drug-likeness (QED) is 0.658. The first-order chi connectivity index (χ1) is 7.83. The molecule has 0 saturated heterocycles. The number of fused-ring (bicyclic) bond motifs is 2. The van der Waals surface area contributed by atoms with Crippen LogP contribution in [-0.2, 0) is 12.2 Å². The van der Waals surface area contributed by atoms with Crippen LogP contribution in [0, 0.1) is 5.82 Å². The fourth-order valence-electron chi connectivity index (χ4n) is 2.06. The van der Waals surface area contributed by atoms with Gasteiger partial charge in [0.05, 0.1) is 0 Å². The molecule has 2 heteroatoms. The highest BCUT2D eigenvalue weighted by atomic mass is 32.2. The summed E-state index contributed by atoms with van der Waals surface area (Å²) in [4.78, 5) is 1.21. The molecule has 1 aliphatic rings. The Balaban J connectivity index is 2.10. The molecule has 2 aromatic carbocycles. The molecule has 3 rings (SSSR count). The molecular formula is C14H11FS. The van der Waals surface area contributed by atoms with Gasteiger partial charge in [-0.05, 0) is 41.3 Å². The molecule has 0 nitrogen and oxygen atoms in total. The summed E-state index contributed by atoms with van der Waals surface area (Å²) in [5, 5.41) is 0. The first-order valence-corrected chi connectivity index (χ1v) is 6.29. The van der Waals surface area contributed by atoms with Crippen LogP contribution in [0.15, 0.2) is 47.4 Å². The van der Waals surface area contributed by atoms with E-state index in [1.54, 1.807) is 23.9 Å². The van der Waals surface area contributed by atoms with Gasteiger partial charge in [0.2, 0.25) is 0 Å². The van der Waals surface area contributed by atoms with Crippen molar-refractivity contribution in [2.75, 3.05) is 0 Å². The summed E-state index contributed by atoms with van der Waals surface area (Å²) < 4.78 is 13.2. The SMILES string of the molecule is Fc1ccc2c(c1)Cc1ccccc1CS2. The number of thioether (sulfide) groups is 1. The van der Waals surface area contributed by atoms with Crippen molar-refractivity contribution in [1.82, 2.24) is 0 Å². The Morgan fingerprint density at radius 1 is 0.938 bits per heavy atom. The van der Waals surface area contributed by atoms with Gasteiger partial charge in [-0.15, -0.1) is 11.8 Å². The topological polar surface area (TPSA) is 0 Å². The molecule has 1 aliphatic heterocycles. The maximum atomic E-state index is 13.2. The predicted molar refractivity (Wildman–Crippen MR) is 65.2 cm³/mol. The fourth-order valence-corrected chi connectivity index (χ4v) is 3.13. The summed E-state index contributed by atoms with van der Waals surface area (Å²) >= 11 is 1.79. The minimum Gasteiger partial charge on any atom is -0.207 e. The van der Waals surface area contributed by atoms with Crippen LogP contribution >= 0.6 is 11.8 Å². The first kappa shape index (κ1) is 9.91. The molecule has 0 atom stereocenters. The van der Waals surface area contributed by atoms with E-state index in [2.05, 4.69) is 18.2 Å². The van der Waals surface area contributed by atoms with Crippen molar-refractivity contribution in [2.24, 2.45) is 0 Å². The molecule has 2 aromatic rings. The number of hydrogen-bond acceptors (Lipinski definition) is 1. The van der Waals surface area contributed by atoms with Gasteiger partial charge >= 0.3 is 0 Å².